The van der Waals surface area contributed by atoms with E-state index in [1.54, 1.807) is 24.0 Å². The van der Waals surface area contributed by atoms with Crippen LogP contribution < -0.4 is 10.1 Å². The van der Waals surface area contributed by atoms with Crippen LogP contribution in [-0.2, 0) is 4.74 Å². The maximum absolute atomic E-state index is 14.4. The first-order valence-corrected chi connectivity index (χ1v) is 9.66. The van der Waals surface area contributed by atoms with Gasteiger partial charge in [0.2, 0.25) is 5.89 Å². The summed E-state index contributed by atoms with van der Waals surface area (Å²) in [4.78, 5) is 14.2. The summed E-state index contributed by atoms with van der Waals surface area (Å²) < 4.78 is 30.8. The topological polar surface area (TPSA) is 89.7 Å². The van der Waals surface area contributed by atoms with Gasteiger partial charge in [-0.25, -0.2) is 9.18 Å². The van der Waals surface area contributed by atoms with Crippen molar-refractivity contribution < 1.29 is 23.1 Å². The second-order valence-corrected chi connectivity index (χ2v) is 7.94. The van der Waals surface area contributed by atoms with Crippen molar-refractivity contribution in [1.82, 2.24) is 20.4 Å². The van der Waals surface area contributed by atoms with Crippen molar-refractivity contribution in [1.29, 1.82) is 0 Å². The highest BCUT2D eigenvalue weighted by Gasteiger charge is 2.30. The highest BCUT2D eigenvalue weighted by Crippen LogP contribution is 2.25. The highest BCUT2D eigenvalue weighted by atomic mass is 19.1. The largest absolute Gasteiger partial charge is 0.493 e. The average Bonchev–Trinajstić information content (AvgIpc) is 3.07. The summed E-state index contributed by atoms with van der Waals surface area (Å²) in [6, 6.07) is 4.44. The molecule has 0 aliphatic carbocycles. The summed E-state index contributed by atoms with van der Waals surface area (Å²) in [7, 11) is 0. The van der Waals surface area contributed by atoms with Gasteiger partial charge in [-0.2, -0.15) is 0 Å². The van der Waals surface area contributed by atoms with Crippen molar-refractivity contribution in [2.24, 2.45) is 0 Å². The van der Waals surface area contributed by atoms with E-state index in [1.165, 1.54) is 6.07 Å². The molecule has 1 aliphatic rings. The number of carbonyl (C=O) groups excluding carboxylic acids is 1. The molecule has 3 rings (SSSR count). The number of benzene rings is 1. The molecule has 2 aromatic rings. The van der Waals surface area contributed by atoms with Crippen LogP contribution in [0.1, 0.15) is 33.1 Å². The Balaban J connectivity index is 1.57. The molecule has 158 valence electrons. The predicted molar refractivity (Wildman–Crippen MR) is 104 cm³/mol. The number of rotatable bonds is 5. The lowest BCUT2D eigenvalue weighted by atomic mass is 10.1. The van der Waals surface area contributed by atoms with Crippen LogP contribution in [0.2, 0.25) is 0 Å². The quantitative estimate of drug-likeness (QED) is 0.816. The Labute approximate surface area is 169 Å². The SMILES string of the molecule is Cc1nnc(-c2ccc(OCC[C@@H]3CNCCN3C(=O)OC(C)(C)C)cc2F)o1. The average molecular weight is 406 g/mol. The molecule has 8 nitrogen and oxygen atoms in total. The second kappa shape index (κ2) is 8.77. The fraction of sp³-hybridized carbons (Fsp3) is 0.550. The Morgan fingerprint density at radius 2 is 2.17 bits per heavy atom. The minimum absolute atomic E-state index is 0.0518. The van der Waals surface area contributed by atoms with Crippen LogP contribution in [0, 0.1) is 12.7 Å². The molecule has 29 heavy (non-hydrogen) atoms. The van der Waals surface area contributed by atoms with Gasteiger partial charge in [0.1, 0.15) is 17.2 Å². The fourth-order valence-electron chi connectivity index (χ4n) is 3.06. The molecule has 1 aliphatic heterocycles. The molecular formula is C20H27FN4O4. The van der Waals surface area contributed by atoms with Gasteiger partial charge in [-0.3, -0.25) is 0 Å². The number of ether oxygens (including phenoxy) is 2. The molecule has 1 N–H and O–H groups in total. The number of nitrogens with zero attached hydrogens (tertiary/aromatic N) is 3. The van der Waals surface area contributed by atoms with Gasteiger partial charge in [0.15, 0.2) is 0 Å². The Hall–Kier alpha value is -2.68. The van der Waals surface area contributed by atoms with Crippen LogP contribution in [0.3, 0.4) is 0 Å². The number of hydrogen-bond donors (Lipinski definition) is 1. The van der Waals surface area contributed by atoms with Crippen molar-refractivity contribution in [3.05, 3.63) is 29.9 Å². The molecule has 0 bridgehead atoms. The van der Waals surface area contributed by atoms with Crippen molar-refractivity contribution >= 4 is 6.09 Å². The zero-order valence-corrected chi connectivity index (χ0v) is 17.2. The fourth-order valence-corrected chi connectivity index (χ4v) is 3.06. The van der Waals surface area contributed by atoms with Crippen LogP contribution in [0.4, 0.5) is 9.18 Å². The van der Waals surface area contributed by atoms with Gasteiger partial charge in [-0.15, -0.1) is 10.2 Å². The van der Waals surface area contributed by atoms with E-state index in [1.807, 2.05) is 20.8 Å². The number of aromatic nitrogens is 2. The van der Waals surface area contributed by atoms with Crippen LogP contribution in [0.25, 0.3) is 11.5 Å². The number of hydrogen-bond acceptors (Lipinski definition) is 7. The molecular weight excluding hydrogens is 379 g/mol. The van der Waals surface area contributed by atoms with E-state index >= 15 is 0 Å². The van der Waals surface area contributed by atoms with Crippen LogP contribution in [0.5, 0.6) is 5.75 Å². The summed E-state index contributed by atoms with van der Waals surface area (Å²) in [5.41, 5.74) is -0.315. The first kappa shape index (κ1) is 21.0. The molecule has 1 aromatic carbocycles. The molecule has 0 unspecified atom stereocenters. The van der Waals surface area contributed by atoms with Gasteiger partial charge in [-0.05, 0) is 32.9 Å². The van der Waals surface area contributed by atoms with E-state index in [9.17, 15) is 9.18 Å². The molecule has 2 heterocycles. The summed E-state index contributed by atoms with van der Waals surface area (Å²) in [6.07, 6.45) is 0.271. The molecule has 1 fully saturated rings. The van der Waals surface area contributed by atoms with Crippen molar-refractivity contribution in [2.75, 3.05) is 26.2 Å². The van der Waals surface area contributed by atoms with Crippen molar-refractivity contribution in [3.8, 4) is 17.2 Å². The minimum atomic E-state index is -0.542. The van der Waals surface area contributed by atoms with E-state index < -0.39 is 11.4 Å². The summed E-state index contributed by atoms with van der Waals surface area (Å²) in [6.45, 7) is 9.48. The Kier molecular flexibility index (Phi) is 6.36. The molecule has 1 atom stereocenters. The van der Waals surface area contributed by atoms with Crippen LogP contribution >= 0.6 is 0 Å². The van der Waals surface area contributed by atoms with Crippen molar-refractivity contribution in [3.63, 3.8) is 0 Å². The summed E-state index contributed by atoms with van der Waals surface area (Å²) in [5, 5.41) is 10.8. The molecule has 0 saturated carbocycles. The van der Waals surface area contributed by atoms with E-state index in [0.717, 1.165) is 6.54 Å². The van der Waals surface area contributed by atoms with Gasteiger partial charge >= 0.3 is 6.09 Å². The number of halogens is 1. The maximum Gasteiger partial charge on any atom is 0.410 e. The molecule has 0 radical (unpaired) electrons. The zero-order valence-electron chi connectivity index (χ0n) is 17.2. The molecule has 1 amide bonds. The number of amides is 1. The van der Waals surface area contributed by atoms with Crippen molar-refractivity contribution in [2.45, 2.75) is 45.8 Å². The van der Waals surface area contributed by atoms with Gasteiger partial charge in [0.05, 0.1) is 18.2 Å². The number of piperazine rings is 1. The van der Waals surface area contributed by atoms with Gasteiger partial charge in [0, 0.05) is 39.0 Å². The van der Waals surface area contributed by atoms with E-state index in [2.05, 4.69) is 15.5 Å². The standard InChI is InChI=1S/C20H27FN4O4/c1-13-23-24-18(28-13)16-6-5-15(11-17(16)21)27-10-7-14-12-22-8-9-25(14)19(26)29-20(2,3)4/h5-6,11,14,22H,7-10,12H2,1-4H3/t14-/m1/s1. The first-order valence-electron chi connectivity index (χ1n) is 9.66. The molecule has 1 saturated heterocycles. The molecule has 1 aromatic heterocycles. The van der Waals surface area contributed by atoms with Gasteiger partial charge in [-0.1, -0.05) is 0 Å². The predicted octanol–water partition coefficient (Wildman–Crippen LogP) is 3.16. The molecule has 9 heteroatoms. The summed E-state index contributed by atoms with van der Waals surface area (Å²) >= 11 is 0. The lowest BCUT2D eigenvalue weighted by molar-refractivity contribution is 0.00985. The lowest BCUT2D eigenvalue weighted by Gasteiger charge is -2.37. The first-order chi connectivity index (χ1) is 13.7. The smallest absolute Gasteiger partial charge is 0.410 e. The Bertz CT molecular complexity index is 849. The summed E-state index contributed by atoms with van der Waals surface area (Å²) in [5.74, 6) is 0.402. The third-order valence-corrected chi connectivity index (χ3v) is 4.40. The Morgan fingerprint density at radius 1 is 1.38 bits per heavy atom. The highest BCUT2D eigenvalue weighted by molar-refractivity contribution is 5.68. The number of aryl methyl sites for hydroxylation is 1. The number of carbonyl (C=O) groups is 1. The zero-order chi connectivity index (χ0) is 21.0. The third kappa shape index (κ3) is 5.66. The van der Waals surface area contributed by atoms with Gasteiger partial charge < -0.3 is 24.1 Å². The monoisotopic (exact) mass is 406 g/mol. The number of nitrogens with one attached hydrogen (secondary N) is 1. The Morgan fingerprint density at radius 3 is 2.83 bits per heavy atom. The minimum Gasteiger partial charge on any atom is -0.493 e. The van der Waals surface area contributed by atoms with E-state index in [0.29, 0.717) is 37.8 Å². The van der Waals surface area contributed by atoms with Crippen LogP contribution in [-0.4, -0.2) is 59.1 Å². The normalized spacial score (nSPS) is 17.3. The van der Waals surface area contributed by atoms with E-state index in [4.69, 9.17) is 13.9 Å². The van der Waals surface area contributed by atoms with Crippen LogP contribution in [0.15, 0.2) is 22.6 Å². The van der Waals surface area contributed by atoms with E-state index in [-0.39, 0.29) is 23.6 Å². The second-order valence-electron chi connectivity index (χ2n) is 7.94. The maximum atomic E-state index is 14.4. The molecule has 0 spiro atoms. The third-order valence-electron chi connectivity index (χ3n) is 4.40. The lowest BCUT2D eigenvalue weighted by Crippen LogP contribution is -2.55. The van der Waals surface area contributed by atoms with Gasteiger partial charge in [0.25, 0.3) is 5.89 Å².